The lowest BCUT2D eigenvalue weighted by Gasteiger charge is -2.50. The number of nitrogens with zero attached hydrogens (tertiary/aromatic N) is 2. The first-order valence-corrected chi connectivity index (χ1v) is 8.83. The Labute approximate surface area is 142 Å². The van der Waals surface area contributed by atoms with Gasteiger partial charge >= 0.3 is 0 Å². The molecule has 2 atom stereocenters. The molecule has 2 heterocycles. The van der Waals surface area contributed by atoms with Crippen LogP contribution in [0, 0.1) is 0 Å². The third kappa shape index (κ3) is 2.34. The highest BCUT2D eigenvalue weighted by Crippen LogP contribution is 2.48. The molecule has 1 saturated carbocycles. The number of hydrogen-bond acceptors (Lipinski definition) is 3. The van der Waals surface area contributed by atoms with Crippen molar-refractivity contribution in [3.05, 3.63) is 35.4 Å². The molecule has 24 heavy (non-hydrogen) atoms. The van der Waals surface area contributed by atoms with Gasteiger partial charge in [-0.1, -0.05) is 30.7 Å². The fourth-order valence-electron chi connectivity index (χ4n) is 4.68. The zero-order valence-electron chi connectivity index (χ0n) is 14.1. The quantitative estimate of drug-likeness (QED) is 0.848. The molecule has 5 heteroatoms. The van der Waals surface area contributed by atoms with E-state index in [9.17, 15) is 14.7 Å². The fraction of sp³-hybridized carbons (Fsp3) is 0.579. The average Bonchev–Trinajstić information content (AvgIpc) is 2.93. The Morgan fingerprint density at radius 3 is 2.67 bits per heavy atom. The molecule has 5 nitrogen and oxygen atoms in total. The maximum atomic E-state index is 13.1. The van der Waals surface area contributed by atoms with Crippen molar-refractivity contribution in [3.63, 3.8) is 0 Å². The van der Waals surface area contributed by atoms with E-state index in [4.69, 9.17) is 0 Å². The maximum absolute atomic E-state index is 13.1. The van der Waals surface area contributed by atoms with Crippen LogP contribution in [0.15, 0.2) is 24.3 Å². The number of likely N-dealkylation sites (tertiary alicyclic amines) is 1. The Balaban J connectivity index is 1.61. The zero-order chi connectivity index (χ0) is 16.9. The number of aliphatic hydroxyl groups excluding tert-OH is 1. The summed E-state index contributed by atoms with van der Waals surface area (Å²) in [5, 5.41) is 9.92. The summed E-state index contributed by atoms with van der Waals surface area (Å²) in [5.74, 6) is -0.150. The van der Waals surface area contributed by atoms with Crippen LogP contribution in [0.5, 0.6) is 0 Å². The van der Waals surface area contributed by atoms with Gasteiger partial charge in [-0.2, -0.15) is 0 Å². The van der Waals surface area contributed by atoms with E-state index in [-0.39, 0.29) is 23.8 Å². The number of benzene rings is 1. The Bertz CT molecular complexity index is 683. The van der Waals surface area contributed by atoms with E-state index < -0.39 is 12.1 Å². The lowest BCUT2D eigenvalue weighted by Crippen LogP contribution is -2.55. The molecule has 2 amide bonds. The highest BCUT2D eigenvalue weighted by atomic mass is 16.3. The van der Waals surface area contributed by atoms with Crippen LogP contribution in [0.4, 0.5) is 0 Å². The van der Waals surface area contributed by atoms with Crippen LogP contribution in [-0.4, -0.2) is 52.0 Å². The summed E-state index contributed by atoms with van der Waals surface area (Å²) in [4.78, 5) is 28.4. The summed E-state index contributed by atoms with van der Waals surface area (Å²) >= 11 is 0. The van der Waals surface area contributed by atoms with E-state index in [2.05, 4.69) is 18.2 Å². The number of hydrogen-bond donors (Lipinski definition) is 1. The second-order valence-corrected chi connectivity index (χ2v) is 7.56. The molecule has 2 fully saturated rings. The number of β-amino-alcohol motifs (C(OH)–C–C–N with tert-alkyl or cyclic N) is 1. The van der Waals surface area contributed by atoms with Crippen molar-refractivity contribution in [1.82, 2.24) is 9.80 Å². The highest BCUT2D eigenvalue weighted by molar-refractivity contribution is 5.88. The number of aliphatic hydroxyl groups is 1. The van der Waals surface area contributed by atoms with Crippen LogP contribution < -0.4 is 0 Å². The summed E-state index contributed by atoms with van der Waals surface area (Å²) in [6, 6.07) is 7.92. The minimum Gasteiger partial charge on any atom is -0.391 e. The van der Waals surface area contributed by atoms with Crippen molar-refractivity contribution < 1.29 is 14.7 Å². The van der Waals surface area contributed by atoms with Crippen LogP contribution in [0.2, 0.25) is 0 Å². The van der Waals surface area contributed by atoms with Crippen molar-refractivity contribution in [2.45, 2.75) is 56.7 Å². The van der Waals surface area contributed by atoms with Gasteiger partial charge in [0.15, 0.2) is 0 Å². The minimum absolute atomic E-state index is 0.0115. The van der Waals surface area contributed by atoms with Crippen molar-refractivity contribution in [3.8, 4) is 0 Å². The van der Waals surface area contributed by atoms with E-state index in [1.807, 2.05) is 11.0 Å². The van der Waals surface area contributed by atoms with Crippen molar-refractivity contribution in [2.24, 2.45) is 0 Å². The summed E-state index contributed by atoms with van der Waals surface area (Å²) in [7, 11) is 0. The molecule has 1 N–H and O–H groups in total. The smallest absolute Gasteiger partial charge is 0.245 e. The third-order valence-electron chi connectivity index (χ3n) is 6.03. The Hall–Kier alpha value is -1.88. The van der Waals surface area contributed by atoms with Gasteiger partial charge in [0, 0.05) is 38.4 Å². The van der Waals surface area contributed by atoms with Crippen LogP contribution in [-0.2, 0) is 21.5 Å². The predicted octanol–water partition coefficient (Wildman–Crippen LogP) is 1.43. The number of carbonyl (C=O) groups excluding carboxylic acids is 2. The molecule has 4 rings (SSSR count). The van der Waals surface area contributed by atoms with Crippen LogP contribution >= 0.6 is 0 Å². The van der Waals surface area contributed by atoms with Gasteiger partial charge in [-0.3, -0.25) is 9.59 Å². The summed E-state index contributed by atoms with van der Waals surface area (Å²) < 4.78 is 0. The molecule has 1 aromatic rings. The predicted molar refractivity (Wildman–Crippen MR) is 89.2 cm³/mol. The van der Waals surface area contributed by atoms with Crippen molar-refractivity contribution in [2.75, 3.05) is 13.1 Å². The third-order valence-corrected chi connectivity index (χ3v) is 6.03. The van der Waals surface area contributed by atoms with E-state index in [1.165, 1.54) is 29.4 Å². The molecule has 0 aromatic heterocycles. The van der Waals surface area contributed by atoms with Crippen molar-refractivity contribution >= 4 is 11.8 Å². The Morgan fingerprint density at radius 1 is 1.25 bits per heavy atom. The van der Waals surface area contributed by atoms with Gasteiger partial charge in [0.05, 0.1) is 6.10 Å². The Kier molecular flexibility index (Phi) is 3.64. The molecule has 128 valence electrons. The van der Waals surface area contributed by atoms with Crippen LogP contribution in [0.1, 0.15) is 43.7 Å². The molecule has 1 aromatic carbocycles. The lowest BCUT2D eigenvalue weighted by molar-refractivity contribution is -0.144. The van der Waals surface area contributed by atoms with Gasteiger partial charge in [0.1, 0.15) is 6.04 Å². The molecule has 0 radical (unpaired) electrons. The van der Waals surface area contributed by atoms with Gasteiger partial charge < -0.3 is 14.9 Å². The zero-order valence-corrected chi connectivity index (χ0v) is 14.1. The van der Waals surface area contributed by atoms with Gasteiger partial charge in [-0.25, -0.2) is 0 Å². The second-order valence-electron chi connectivity index (χ2n) is 7.56. The van der Waals surface area contributed by atoms with Gasteiger partial charge in [-0.05, 0) is 24.0 Å². The van der Waals surface area contributed by atoms with Gasteiger partial charge in [0.2, 0.25) is 11.8 Å². The first kappa shape index (κ1) is 15.6. The monoisotopic (exact) mass is 328 g/mol. The number of rotatable bonds is 1. The maximum Gasteiger partial charge on any atom is 0.245 e. The van der Waals surface area contributed by atoms with E-state index in [0.717, 1.165) is 19.4 Å². The minimum atomic E-state index is -0.599. The molecule has 3 aliphatic rings. The molecule has 2 aliphatic heterocycles. The molecule has 1 saturated heterocycles. The molecule has 1 spiro atoms. The normalized spacial score (nSPS) is 27.8. The fourth-order valence-corrected chi connectivity index (χ4v) is 4.68. The highest BCUT2D eigenvalue weighted by Gasteiger charge is 2.47. The van der Waals surface area contributed by atoms with Crippen LogP contribution in [0.25, 0.3) is 0 Å². The SMILES string of the molecule is CC(=O)N1C[C@@H](O)C[C@@H]1C(=O)N1Cc2ccccc2C2(CCC2)C1. The molecular formula is C19H24N2O3. The van der Waals surface area contributed by atoms with E-state index >= 15 is 0 Å². The molecule has 0 bridgehead atoms. The van der Waals surface area contributed by atoms with Crippen LogP contribution in [0.3, 0.4) is 0 Å². The number of fused-ring (bicyclic) bond motifs is 2. The molecular weight excluding hydrogens is 304 g/mol. The largest absolute Gasteiger partial charge is 0.391 e. The Morgan fingerprint density at radius 2 is 2.00 bits per heavy atom. The number of carbonyl (C=O) groups is 2. The molecule has 0 unspecified atom stereocenters. The van der Waals surface area contributed by atoms with Crippen molar-refractivity contribution in [1.29, 1.82) is 0 Å². The lowest BCUT2D eigenvalue weighted by atomic mass is 9.61. The summed E-state index contributed by atoms with van der Waals surface area (Å²) in [6.07, 6.45) is 3.20. The van der Waals surface area contributed by atoms with E-state index in [0.29, 0.717) is 13.0 Å². The van der Waals surface area contributed by atoms with Gasteiger partial charge in [-0.15, -0.1) is 0 Å². The average molecular weight is 328 g/mol. The molecule has 1 aliphatic carbocycles. The number of amides is 2. The first-order chi connectivity index (χ1) is 11.5. The van der Waals surface area contributed by atoms with E-state index in [1.54, 1.807) is 0 Å². The van der Waals surface area contributed by atoms with Gasteiger partial charge in [0.25, 0.3) is 0 Å². The summed E-state index contributed by atoms with van der Waals surface area (Å²) in [5.41, 5.74) is 2.72. The topological polar surface area (TPSA) is 60.9 Å². The first-order valence-electron chi connectivity index (χ1n) is 8.83. The standard InChI is InChI=1S/C19H24N2O3/c1-13(22)21-11-15(23)9-17(21)18(24)20-10-14-5-2-3-6-16(14)19(12-20)7-4-8-19/h2-3,5-6,15,17,23H,4,7-12H2,1H3/t15-,17+/m0/s1. The second kappa shape index (κ2) is 5.59. The summed E-state index contributed by atoms with van der Waals surface area (Å²) in [6.45, 7) is 3.08.